The minimum Gasteiger partial charge on any atom is -0.326 e. The Kier molecular flexibility index (Phi) is 6.10. The Hall–Kier alpha value is -1.72. The number of benzene rings is 2. The average Bonchev–Trinajstić information content (AvgIpc) is 2.48. The molecule has 0 fully saturated rings. The molecule has 0 aliphatic rings. The van der Waals surface area contributed by atoms with Crippen LogP contribution in [0.1, 0.15) is 12.0 Å². The normalized spacial score (nSPS) is 11.9. The third-order valence-electron chi connectivity index (χ3n) is 2.90. The number of carbonyl (C=O) groups excluding carboxylic acids is 1. The topological polar surface area (TPSA) is 46.2 Å². The number of hydrogen-bond acceptors (Lipinski definition) is 2. The van der Waals surface area contributed by atoms with Gasteiger partial charge >= 0.3 is 0 Å². The molecule has 1 atom stereocenters. The summed E-state index contributed by atoms with van der Waals surface area (Å²) >= 11 is 5.87. The summed E-state index contributed by atoms with van der Waals surface area (Å²) < 4.78 is 24.7. The van der Waals surface area contributed by atoms with Gasteiger partial charge in [-0.15, -0.1) is 0 Å². The van der Waals surface area contributed by atoms with E-state index in [1.54, 1.807) is 18.2 Å². The fourth-order valence-corrected chi connectivity index (χ4v) is 3.17. The first-order valence-corrected chi connectivity index (χ1v) is 8.54. The second-order valence-corrected chi connectivity index (χ2v) is 6.74. The molecule has 2 aromatic carbocycles. The second-order valence-electron chi connectivity index (χ2n) is 4.72. The first-order valence-electron chi connectivity index (χ1n) is 6.68. The number of nitrogens with one attached hydrogen (secondary N) is 1. The molecule has 0 unspecified atom stereocenters. The first-order chi connectivity index (χ1) is 10.5. The van der Waals surface area contributed by atoms with Gasteiger partial charge < -0.3 is 5.32 Å². The predicted molar refractivity (Wildman–Crippen MR) is 87.8 cm³/mol. The van der Waals surface area contributed by atoms with Crippen molar-refractivity contribution in [2.75, 3.05) is 11.1 Å². The van der Waals surface area contributed by atoms with Crippen molar-refractivity contribution in [3.8, 4) is 0 Å². The second kappa shape index (κ2) is 8.06. The van der Waals surface area contributed by atoms with Crippen molar-refractivity contribution in [1.82, 2.24) is 0 Å². The maximum Gasteiger partial charge on any atom is 0.225 e. The summed E-state index contributed by atoms with van der Waals surface area (Å²) in [6.45, 7) is 0. The van der Waals surface area contributed by atoms with Crippen LogP contribution in [0.3, 0.4) is 0 Å². The monoisotopic (exact) mass is 339 g/mol. The molecule has 116 valence electrons. The molecule has 2 rings (SSSR count). The van der Waals surface area contributed by atoms with Gasteiger partial charge in [-0.25, -0.2) is 4.39 Å². The quantitative estimate of drug-likeness (QED) is 0.871. The lowest BCUT2D eigenvalue weighted by molar-refractivity contribution is -0.115. The molecule has 22 heavy (non-hydrogen) atoms. The van der Waals surface area contributed by atoms with Gasteiger partial charge in [0.05, 0.1) is 0 Å². The van der Waals surface area contributed by atoms with E-state index in [9.17, 15) is 13.4 Å². The molecule has 0 aliphatic carbocycles. The third-order valence-corrected chi connectivity index (χ3v) is 4.45. The summed E-state index contributed by atoms with van der Waals surface area (Å²) in [6.07, 6.45) is 0.143. The van der Waals surface area contributed by atoms with Crippen LogP contribution in [-0.4, -0.2) is 15.9 Å². The van der Waals surface area contributed by atoms with Gasteiger partial charge in [0.1, 0.15) is 5.82 Å². The zero-order valence-corrected chi connectivity index (χ0v) is 13.3. The standard InChI is InChI=1S/C16H15ClFNO2S/c17-13-3-1-2-12(10-13)11-22(21)9-8-16(20)19-15-6-4-14(18)5-7-15/h1-7,10H,8-9,11H2,(H,19,20)/t22-/m0/s1. The Morgan fingerprint density at radius 1 is 1.18 bits per heavy atom. The lowest BCUT2D eigenvalue weighted by Gasteiger charge is -2.06. The number of anilines is 1. The predicted octanol–water partition coefficient (Wildman–Crippen LogP) is 3.76. The summed E-state index contributed by atoms with van der Waals surface area (Å²) in [5.74, 6) is 0.0240. The van der Waals surface area contributed by atoms with Crippen molar-refractivity contribution >= 4 is 34.0 Å². The van der Waals surface area contributed by atoms with Crippen LogP contribution in [0.15, 0.2) is 48.5 Å². The van der Waals surface area contributed by atoms with E-state index in [0.29, 0.717) is 16.5 Å². The average molecular weight is 340 g/mol. The van der Waals surface area contributed by atoms with Crippen molar-refractivity contribution < 1.29 is 13.4 Å². The summed E-state index contributed by atoms with van der Waals surface area (Å²) in [7, 11) is -1.14. The molecule has 0 aromatic heterocycles. The van der Waals surface area contributed by atoms with E-state index >= 15 is 0 Å². The van der Waals surface area contributed by atoms with Gasteiger partial charge in [-0.1, -0.05) is 23.7 Å². The van der Waals surface area contributed by atoms with Gasteiger partial charge in [0.25, 0.3) is 0 Å². The van der Waals surface area contributed by atoms with Crippen LogP contribution in [-0.2, 0) is 21.3 Å². The fraction of sp³-hybridized carbons (Fsp3) is 0.188. The third kappa shape index (κ3) is 5.58. The minimum absolute atomic E-state index is 0.143. The van der Waals surface area contributed by atoms with Crippen LogP contribution < -0.4 is 5.32 Å². The molecular formula is C16H15ClFNO2S. The molecule has 0 saturated carbocycles. The van der Waals surface area contributed by atoms with Gasteiger partial charge in [0.2, 0.25) is 5.91 Å². The molecule has 1 N–H and O–H groups in total. The van der Waals surface area contributed by atoms with E-state index in [1.165, 1.54) is 24.3 Å². The highest BCUT2D eigenvalue weighted by atomic mass is 35.5. The molecule has 0 saturated heterocycles. The lowest BCUT2D eigenvalue weighted by Crippen LogP contribution is -2.15. The van der Waals surface area contributed by atoms with Crippen LogP contribution in [0.25, 0.3) is 0 Å². The molecule has 2 aromatic rings. The highest BCUT2D eigenvalue weighted by Crippen LogP contribution is 2.13. The van der Waals surface area contributed by atoms with E-state index in [2.05, 4.69) is 5.32 Å². The summed E-state index contributed by atoms with van der Waals surface area (Å²) in [6, 6.07) is 12.7. The number of halogens is 2. The Bertz CT molecular complexity index is 676. The Morgan fingerprint density at radius 3 is 2.59 bits per heavy atom. The molecule has 0 aliphatic heterocycles. The van der Waals surface area contributed by atoms with Gasteiger partial charge in [-0.05, 0) is 42.0 Å². The summed E-state index contributed by atoms with van der Waals surface area (Å²) in [5, 5.41) is 3.24. The molecule has 0 bridgehead atoms. The molecule has 1 amide bonds. The van der Waals surface area contributed by atoms with Gasteiger partial charge in [-0.2, -0.15) is 0 Å². The van der Waals surface area contributed by atoms with Crippen molar-refractivity contribution in [2.45, 2.75) is 12.2 Å². The van der Waals surface area contributed by atoms with Crippen molar-refractivity contribution in [2.24, 2.45) is 0 Å². The number of amides is 1. The zero-order valence-electron chi connectivity index (χ0n) is 11.7. The van der Waals surface area contributed by atoms with Crippen molar-refractivity contribution in [3.05, 3.63) is 64.9 Å². The Balaban J connectivity index is 1.78. The fourth-order valence-electron chi connectivity index (χ4n) is 1.85. The number of rotatable bonds is 6. The lowest BCUT2D eigenvalue weighted by atomic mass is 10.2. The van der Waals surface area contributed by atoms with Gasteiger partial charge in [0.15, 0.2) is 0 Å². The maximum atomic E-state index is 12.8. The minimum atomic E-state index is -1.14. The Labute approximate surface area is 136 Å². The summed E-state index contributed by atoms with van der Waals surface area (Å²) in [4.78, 5) is 11.7. The number of hydrogen-bond donors (Lipinski definition) is 1. The Morgan fingerprint density at radius 2 is 1.91 bits per heavy atom. The molecule has 0 spiro atoms. The van der Waals surface area contributed by atoms with Gasteiger partial charge in [0, 0.05) is 39.4 Å². The van der Waals surface area contributed by atoms with E-state index in [0.717, 1.165) is 5.56 Å². The molecule has 3 nitrogen and oxygen atoms in total. The van der Waals surface area contributed by atoms with Gasteiger partial charge in [-0.3, -0.25) is 9.00 Å². The number of carbonyl (C=O) groups is 1. The maximum absolute atomic E-state index is 12.8. The van der Waals surface area contributed by atoms with Crippen LogP contribution in [0.4, 0.5) is 10.1 Å². The highest BCUT2D eigenvalue weighted by Gasteiger charge is 2.07. The van der Waals surface area contributed by atoms with E-state index in [1.807, 2.05) is 6.07 Å². The van der Waals surface area contributed by atoms with Crippen molar-refractivity contribution in [1.29, 1.82) is 0 Å². The SMILES string of the molecule is O=C(CC[S@](=O)Cc1cccc(Cl)c1)Nc1ccc(F)cc1. The van der Waals surface area contributed by atoms with Crippen molar-refractivity contribution in [3.63, 3.8) is 0 Å². The van der Waals surface area contributed by atoms with E-state index in [4.69, 9.17) is 11.6 Å². The molecular weight excluding hydrogens is 325 g/mol. The summed E-state index contributed by atoms with van der Waals surface area (Å²) in [5.41, 5.74) is 1.40. The molecule has 6 heteroatoms. The smallest absolute Gasteiger partial charge is 0.225 e. The van der Waals surface area contributed by atoms with Crippen LogP contribution >= 0.6 is 11.6 Å². The van der Waals surface area contributed by atoms with E-state index < -0.39 is 10.8 Å². The highest BCUT2D eigenvalue weighted by molar-refractivity contribution is 7.84. The van der Waals surface area contributed by atoms with Crippen LogP contribution in [0.2, 0.25) is 5.02 Å². The largest absolute Gasteiger partial charge is 0.326 e. The first kappa shape index (κ1) is 16.6. The van der Waals surface area contributed by atoms with Crippen LogP contribution in [0, 0.1) is 5.82 Å². The molecule has 0 heterocycles. The zero-order chi connectivity index (χ0) is 15.9. The van der Waals surface area contributed by atoms with E-state index in [-0.39, 0.29) is 23.9 Å². The molecule has 0 radical (unpaired) electrons. The van der Waals surface area contributed by atoms with Crippen LogP contribution in [0.5, 0.6) is 0 Å².